The van der Waals surface area contributed by atoms with Gasteiger partial charge in [-0.1, -0.05) is 17.7 Å². The van der Waals surface area contributed by atoms with Gasteiger partial charge in [0.25, 0.3) is 5.91 Å². The molecular weight excluding hydrogens is 304 g/mol. The summed E-state index contributed by atoms with van der Waals surface area (Å²) in [5, 5.41) is 7.60. The zero-order valence-electron chi connectivity index (χ0n) is 12.8. The van der Waals surface area contributed by atoms with E-state index in [1.165, 1.54) is 22.2 Å². The molecule has 1 saturated heterocycles. The molecule has 6 nitrogen and oxygen atoms in total. The second-order valence-electron chi connectivity index (χ2n) is 5.07. The van der Waals surface area contributed by atoms with Gasteiger partial charge in [0, 0.05) is 38.2 Å². The standard InChI is InChI=1S/C15H19ClN4O2/c1-4-6-13(21)19-9-5-10-20(19)14(22)8-7-12-11(2)17-18(3)15(12)16/h4,7-8H,1,5-6,9-10H2,2-3H3. The molecule has 0 atom stereocenters. The molecule has 2 amide bonds. The molecule has 22 heavy (non-hydrogen) atoms. The van der Waals surface area contributed by atoms with Gasteiger partial charge in [-0.15, -0.1) is 6.58 Å². The zero-order valence-corrected chi connectivity index (χ0v) is 13.5. The minimum atomic E-state index is -0.241. The van der Waals surface area contributed by atoms with E-state index in [0.717, 1.165) is 12.1 Å². The maximum absolute atomic E-state index is 12.3. The molecule has 1 aliphatic heterocycles. The second kappa shape index (κ2) is 6.79. The quantitative estimate of drug-likeness (QED) is 0.629. The van der Waals surface area contributed by atoms with E-state index < -0.39 is 0 Å². The first kappa shape index (κ1) is 16.3. The first-order chi connectivity index (χ1) is 10.5. The second-order valence-corrected chi connectivity index (χ2v) is 5.43. The Morgan fingerprint density at radius 1 is 1.36 bits per heavy atom. The van der Waals surface area contributed by atoms with E-state index in [9.17, 15) is 9.59 Å². The lowest BCUT2D eigenvalue weighted by atomic mass is 10.2. The third kappa shape index (κ3) is 3.22. The summed E-state index contributed by atoms with van der Waals surface area (Å²) >= 11 is 6.13. The van der Waals surface area contributed by atoms with E-state index in [0.29, 0.717) is 23.8 Å². The SMILES string of the molecule is C=CCC(=O)N1CCCN1C(=O)C=Cc1c(C)nn(C)c1Cl. The maximum Gasteiger partial charge on any atom is 0.265 e. The van der Waals surface area contributed by atoms with Gasteiger partial charge in [0.2, 0.25) is 5.91 Å². The lowest BCUT2D eigenvalue weighted by Crippen LogP contribution is -2.43. The van der Waals surface area contributed by atoms with Gasteiger partial charge in [0.1, 0.15) is 5.15 Å². The van der Waals surface area contributed by atoms with E-state index in [-0.39, 0.29) is 18.2 Å². The Morgan fingerprint density at radius 3 is 2.64 bits per heavy atom. The molecule has 0 N–H and O–H groups in total. The Labute approximate surface area is 134 Å². The molecule has 0 aromatic carbocycles. The highest BCUT2D eigenvalue weighted by Gasteiger charge is 2.28. The fourth-order valence-electron chi connectivity index (χ4n) is 2.41. The molecule has 2 heterocycles. The minimum Gasteiger partial charge on any atom is -0.273 e. The molecule has 0 spiro atoms. The van der Waals surface area contributed by atoms with Crippen molar-refractivity contribution in [2.24, 2.45) is 7.05 Å². The summed E-state index contributed by atoms with van der Waals surface area (Å²) in [5.74, 6) is -0.362. The Bertz CT molecular complexity index is 636. The number of aryl methyl sites for hydroxylation is 2. The van der Waals surface area contributed by atoms with Gasteiger partial charge in [0.15, 0.2) is 0 Å². The van der Waals surface area contributed by atoms with Crippen molar-refractivity contribution in [3.8, 4) is 0 Å². The molecule has 0 bridgehead atoms. The summed E-state index contributed by atoms with van der Waals surface area (Å²) < 4.78 is 1.55. The number of hydrogen-bond donors (Lipinski definition) is 0. The fraction of sp³-hybridized carbons (Fsp3) is 0.400. The van der Waals surface area contributed by atoms with Crippen LogP contribution in [0.2, 0.25) is 5.15 Å². The van der Waals surface area contributed by atoms with Crippen LogP contribution in [0, 0.1) is 6.92 Å². The number of halogens is 1. The largest absolute Gasteiger partial charge is 0.273 e. The van der Waals surface area contributed by atoms with Crippen molar-refractivity contribution in [2.75, 3.05) is 13.1 Å². The van der Waals surface area contributed by atoms with Crippen LogP contribution >= 0.6 is 11.6 Å². The van der Waals surface area contributed by atoms with Crippen LogP contribution < -0.4 is 0 Å². The van der Waals surface area contributed by atoms with Gasteiger partial charge in [-0.05, 0) is 19.4 Å². The predicted molar refractivity (Wildman–Crippen MR) is 84.8 cm³/mol. The predicted octanol–water partition coefficient (Wildman–Crippen LogP) is 1.95. The van der Waals surface area contributed by atoms with Crippen LogP contribution in [0.1, 0.15) is 24.1 Å². The highest BCUT2D eigenvalue weighted by molar-refractivity contribution is 6.31. The Morgan fingerprint density at radius 2 is 2.05 bits per heavy atom. The lowest BCUT2D eigenvalue weighted by molar-refractivity contribution is -0.154. The van der Waals surface area contributed by atoms with Crippen LogP contribution in [0.3, 0.4) is 0 Å². The van der Waals surface area contributed by atoms with Crippen LogP contribution in [0.15, 0.2) is 18.7 Å². The van der Waals surface area contributed by atoms with Crippen LogP contribution in [-0.2, 0) is 16.6 Å². The first-order valence-electron chi connectivity index (χ1n) is 7.05. The number of nitrogens with zero attached hydrogens (tertiary/aromatic N) is 4. The monoisotopic (exact) mass is 322 g/mol. The summed E-state index contributed by atoms with van der Waals surface area (Å²) in [6.45, 7) is 6.46. The molecule has 1 aliphatic rings. The van der Waals surface area contributed by atoms with E-state index in [1.54, 1.807) is 17.8 Å². The highest BCUT2D eigenvalue weighted by Crippen LogP contribution is 2.20. The molecular formula is C15H19ClN4O2. The maximum atomic E-state index is 12.3. The van der Waals surface area contributed by atoms with Crippen molar-refractivity contribution in [3.05, 3.63) is 35.1 Å². The van der Waals surface area contributed by atoms with Crippen LogP contribution in [0.25, 0.3) is 6.08 Å². The first-order valence-corrected chi connectivity index (χ1v) is 7.43. The lowest BCUT2D eigenvalue weighted by Gasteiger charge is -2.26. The summed E-state index contributed by atoms with van der Waals surface area (Å²) in [6, 6.07) is 0. The van der Waals surface area contributed by atoms with E-state index in [2.05, 4.69) is 11.7 Å². The van der Waals surface area contributed by atoms with Crippen LogP contribution in [0.5, 0.6) is 0 Å². The molecule has 0 saturated carbocycles. The van der Waals surface area contributed by atoms with E-state index in [1.807, 2.05) is 6.92 Å². The van der Waals surface area contributed by atoms with Crippen molar-refractivity contribution < 1.29 is 9.59 Å². The van der Waals surface area contributed by atoms with Gasteiger partial charge in [-0.25, -0.2) is 5.01 Å². The summed E-state index contributed by atoms with van der Waals surface area (Å²) in [4.78, 5) is 24.3. The topological polar surface area (TPSA) is 58.4 Å². The van der Waals surface area contributed by atoms with Gasteiger partial charge in [-0.3, -0.25) is 19.3 Å². The number of hydrogen-bond acceptors (Lipinski definition) is 3. The molecule has 0 radical (unpaired) electrons. The van der Waals surface area contributed by atoms with Crippen molar-refractivity contribution >= 4 is 29.5 Å². The van der Waals surface area contributed by atoms with Gasteiger partial charge in [-0.2, -0.15) is 5.10 Å². The Hall–Kier alpha value is -2.08. The van der Waals surface area contributed by atoms with Crippen LogP contribution in [0.4, 0.5) is 0 Å². The molecule has 1 fully saturated rings. The number of carbonyl (C=O) groups is 2. The summed E-state index contributed by atoms with van der Waals surface area (Å²) in [7, 11) is 1.74. The fourth-order valence-corrected chi connectivity index (χ4v) is 2.64. The number of aromatic nitrogens is 2. The number of hydrazine groups is 1. The average Bonchev–Trinajstić information content (AvgIpc) is 3.04. The van der Waals surface area contributed by atoms with Crippen molar-refractivity contribution in [3.63, 3.8) is 0 Å². The van der Waals surface area contributed by atoms with Crippen molar-refractivity contribution in [1.29, 1.82) is 0 Å². The van der Waals surface area contributed by atoms with Gasteiger partial charge in [0.05, 0.1) is 5.69 Å². The smallest absolute Gasteiger partial charge is 0.265 e. The normalized spacial score (nSPS) is 14.9. The molecule has 0 aliphatic carbocycles. The summed E-state index contributed by atoms with van der Waals surface area (Å²) in [5.41, 5.74) is 1.46. The molecule has 1 aromatic heterocycles. The Balaban J connectivity index is 2.12. The third-order valence-electron chi connectivity index (χ3n) is 3.48. The Kier molecular flexibility index (Phi) is 5.03. The third-order valence-corrected chi connectivity index (χ3v) is 3.93. The van der Waals surface area contributed by atoms with Gasteiger partial charge >= 0.3 is 0 Å². The minimum absolute atomic E-state index is 0.121. The van der Waals surface area contributed by atoms with Crippen molar-refractivity contribution in [1.82, 2.24) is 19.8 Å². The molecule has 7 heteroatoms. The molecule has 1 aromatic rings. The number of amides is 2. The average molecular weight is 323 g/mol. The van der Waals surface area contributed by atoms with Crippen molar-refractivity contribution in [2.45, 2.75) is 19.8 Å². The molecule has 2 rings (SSSR count). The van der Waals surface area contributed by atoms with E-state index in [4.69, 9.17) is 11.6 Å². The summed E-state index contributed by atoms with van der Waals surface area (Å²) in [6.07, 6.45) is 5.60. The molecule has 0 unspecified atom stereocenters. The number of carbonyl (C=O) groups excluding carboxylic acids is 2. The van der Waals surface area contributed by atoms with Gasteiger partial charge < -0.3 is 0 Å². The number of rotatable bonds is 4. The van der Waals surface area contributed by atoms with Crippen LogP contribution in [-0.4, -0.2) is 44.7 Å². The zero-order chi connectivity index (χ0) is 16.3. The molecule has 118 valence electrons. The highest BCUT2D eigenvalue weighted by atomic mass is 35.5. The van der Waals surface area contributed by atoms with E-state index >= 15 is 0 Å².